The zero-order valence-electron chi connectivity index (χ0n) is 24.8. The Kier molecular flexibility index (Phi) is 5.25. The standard InChI is InChI=1S/C42H26N4/c1-2-14-28(15-3-1)41-42(44-33-20-9-8-19-32(33)43-41)46-37-24-12-23-36(40(37)39-29-16-5-4-13-27(29)25-26-38(39)46)45-34-21-10-6-17-30(34)31-18-7-11-22-35(31)45/h1-26H. The normalized spacial score (nSPS) is 11.9. The summed E-state index contributed by atoms with van der Waals surface area (Å²) in [5.74, 6) is 0.819. The van der Waals surface area contributed by atoms with Crippen molar-refractivity contribution >= 4 is 65.4 Å². The van der Waals surface area contributed by atoms with Gasteiger partial charge in [0.25, 0.3) is 0 Å². The van der Waals surface area contributed by atoms with Gasteiger partial charge in [0, 0.05) is 27.1 Å². The Balaban J connectivity index is 1.43. The predicted molar refractivity (Wildman–Crippen MR) is 191 cm³/mol. The number of para-hydroxylation sites is 4. The van der Waals surface area contributed by atoms with Crippen molar-refractivity contribution in [1.29, 1.82) is 0 Å². The topological polar surface area (TPSA) is 35.6 Å². The smallest absolute Gasteiger partial charge is 0.165 e. The summed E-state index contributed by atoms with van der Waals surface area (Å²) in [4.78, 5) is 10.6. The van der Waals surface area contributed by atoms with Gasteiger partial charge in [-0.3, -0.25) is 4.57 Å². The molecule has 0 amide bonds. The van der Waals surface area contributed by atoms with Crippen LogP contribution < -0.4 is 0 Å². The van der Waals surface area contributed by atoms with E-state index >= 15 is 0 Å². The van der Waals surface area contributed by atoms with Gasteiger partial charge in [-0.15, -0.1) is 0 Å². The monoisotopic (exact) mass is 586 g/mol. The number of hydrogen-bond donors (Lipinski definition) is 0. The van der Waals surface area contributed by atoms with E-state index in [0.717, 1.165) is 44.8 Å². The van der Waals surface area contributed by atoms with E-state index in [4.69, 9.17) is 9.97 Å². The lowest BCUT2D eigenvalue weighted by molar-refractivity contribution is 1.08. The molecule has 0 radical (unpaired) electrons. The van der Waals surface area contributed by atoms with Crippen molar-refractivity contribution in [2.24, 2.45) is 0 Å². The van der Waals surface area contributed by atoms with E-state index in [1.165, 1.54) is 43.4 Å². The SMILES string of the molecule is c1ccc(-c2nc3ccccc3nc2-n2c3cccc(-n4c5ccccc5c5ccccc54)c3c3c4ccccc4ccc32)cc1. The number of fused-ring (bicyclic) bond motifs is 9. The summed E-state index contributed by atoms with van der Waals surface area (Å²) in [7, 11) is 0. The van der Waals surface area contributed by atoms with Gasteiger partial charge in [-0.1, -0.05) is 115 Å². The van der Waals surface area contributed by atoms with Crippen LogP contribution >= 0.6 is 0 Å². The molecular weight excluding hydrogens is 560 g/mol. The van der Waals surface area contributed by atoms with Crippen molar-refractivity contribution in [3.05, 3.63) is 158 Å². The van der Waals surface area contributed by atoms with Crippen molar-refractivity contribution in [2.75, 3.05) is 0 Å². The average molecular weight is 587 g/mol. The molecule has 3 aromatic heterocycles. The van der Waals surface area contributed by atoms with Crippen LogP contribution in [0.25, 0.3) is 88.2 Å². The number of hydrogen-bond acceptors (Lipinski definition) is 2. The van der Waals surface area contributed by atoms with E-state index in [1.807, 2.05) is 30.3 Å². The van der Waals surface area contributed by atoms with Gasteiger partial charge >= 0.3 is 0 Å². The molecule has 0 atom stereocenters. The molecule has 0 bridgehead atoms. The maximum Gasteiger partial charge on any atom is 0.165 e. The first-order valence-corrected chi connectivity index (χ1v) is 15.6. The second kappa shape index (κ2) is 9.62. The molecule has 46 heavy (non-hydrogen) atoms. The Morgan fingerprint density at radius 1 is 0.370 bits per heavy atom. The number of rotatable bonds is 3. The molecule has 10 rings (SSSR count). The first-order valence-electron chi connectivity index (χ1n) is 15.6. The number of nitrogens with zero attached hydrogens (tertiary/aromatic N) is 4. The summed E-state index contributed by atoms with van der Waals surface area (Å²) in [6.45, 7) is 0. The summed E-state index contributed by atoms with van der Waals surface area (Å²) in [5, 5.41) is 7.31. The molecule has 0 saturated heterocycles. The summed E-state index contributed by atoms with van der Waals surface area (Å²) in [6.07, 6.45) is 0. The van der Waals surface area contributed by atoms with Gasteiger partial charge in [0.15, 0.2) is 5.82 Å². The Bertz CT molecular complexity index is 2750. The van der Waals surface area contributed by atoms with E-state index in [1.54, 1.807) is 0 Å². The highest BCUT2D eigenvalue weighted by molar-refractivity contribution is 6.24. The lowest BCUT2D eigenvalue weighted by Gasteiger charge is -2.14. The fourth-order valence-electron chi connectivity index (χ4n) is 7.34. The summed E-state index contributed by atoms with van der Waals surface area (Å²) >= 11 is 0. The molecule has 214 valence electrons. The highest BCUT2D eigenvalue weighted by Crippen LogP contribution is 2.43. The largest absolute Gasteiger partial charge is 0.309 e. The van der Waals surface area contributed by atoms with Gasteiger partial charge in [-0.2, -0.15) is 0 Å². The van der Waals surface area contributed by atoms with Gasteiger partial charge in [-0.05, 0) is 53.2 Å². The van der Waals surface area contributed by atoms with E-state index in [-0.39, 0.29) is 0 Å². The molecule has 0 fully saturated rings. The van der Waals surface area contributed by atoms with Crippen LogP contribution in [0.15, 0.2) is 158 Å². The van der Waals surface area contributed by atoms with Gasteiger partial charge in [-0.25, -0.2) is 9.97 Å². The highest BCUT2D eigenvalue weighted by atomic mass is 15.1. The first-order chi connectivity index (χ1) is 22.8. The minimum Gasteiger partial charge on any atom is -0.309 e. The molecule has 4 heteroatoms. The van der Waals surface area contributed by atoms with Crippen LogP contribution in [-0.4, -0.2) is 19.1 Å². The third kappa shape index (κ3) is 3.49. The molecule has 10 aromatic rings. The predicted octanol–water partition coefficient (Wildman–Crippen LogP) is 10.6. The Labute approximate surface area is 264 Å². The molecule has 3 heterocycles. The van der Waals surface area contributed by atoms with Crippen LogP contribution in [0.2, 0.25) is 0 Å². The Hall–Kier alpha value is -6.26. The number of aromatic nitrogens is 4. The Morgan fingerprint density at radius 3 is 1.72 bits per heavy atom. The second-order valence-corrected chi connectivity index (χ2v) is 11.8. The average Bonchev–Trinajstić information content (AvgIpc) is 3.65. The van der Waals surface area contributed by atoms with E-state index in [0.29, 0.717) is 0 Å². The molecule has 0 unspecified atom stereocenters. The third-order valence-electron chi connectivity index (χ3n) is 9.29. The van der Waals surface area contributed by atoms with Crippen molar-refractivity contribution in [2.45, 2.75) is 0 Å². The molecule has 7 aromatic carbocycles. The minimum absolute atomic E-state index is 0.819. The molecule has 0 N–H and O–H groups in total. The Morgan fingerprint density at radius 2 is 0.957 bits per heavy atom. The molecule has 0 aliphatic heterocycles. The van der Waals surface area contributed by atoms with E-state index < -0.39 is 0 Å². The summed E-state index contributed by atoms with van der Waals surface area (Å²) in [6, 6.07) is 55.8. The third-order valence-corrected chi connectivity index (χ3v) is 9.29. The highest BCUT2D eigenvalue weighted by Gasteiger charge is 2.23. The van der Waals surface area contributed by atoms with Crippen molar-refractivity contribution in [3.8, 4) is 22.8 Å². The maximum atomic E-state index is 5.36. The molecule has 0 aliphatic carbocycles. The van der Waals surface area contributed by atoms with E-state index in [9.17, 15) is 0 Å². The zero-order valence-corrected chi connectivity index (χ0v) is 24.8. The van der Waals surface area contributed by atoms with Crippen LogP contribution in [0.1, 0.15) is 0 Å². The molecule has 4 nitrogen and oxygen atoms in total. The minimum atomic E-state index is 0.819. The van der Waals surface area contributed by atoms with Crippen LogP contribution in [0.3, 0.4) is 0 Å². The fourth-order valence-corrected chi connectivity index (χ4v) is 7.34. The van der Waals surface area contributed by atoms with Crippen LogP contribution in [-0.2, 0) is 0 Å². The van der Waals surface area contributed by atoms with Crippen molar-refractivity contribution < 1.29 is 0 Å². The maximum absolute atomic E-state index is 5.36. The van der Waals surface area contributed by atoms with Gasteiger partial charge in [0.1, 0.15) is 5.69 Å². The quantitative estimate of drug-likeness (QED) is 0.206. The zero-order chi connectivity index (χ0) is 30.2. The lowest BCUT2D eigenvalue weighted by Crippen LogP contribution is -2.04. The molecule has 0 spiro atoms. The van der Waals surface area contributed by atoms with Crippen molar-refractivity contribution in [3.63, 3.8) is 0 Å². The molecular formula is C42H26N4. The van der Waals surface area contributed by atoms with Gasteiger partial charge in [0.2, 0.25) is 0 Å². The summed E-state index contributed by atoms with van der Waals surface area (Å²) in [5.41, 5.74) is 9.34. The van der Waals surface area contributed by atoms with Crippen LogP contribution in [0.5, 0.6) is 0 Å². The lowest BCUT2D eigenvalue weighted by atomic mass is 10.0. The molecule has 0 saturated carbocycles. The summed E-state index contributed by atoms with van der Waals surface area (Å²) < 4.78 is 4.76. The van der Waals surface area contributed by atoms with Crippen LogP contribution in [0, 0.1) is 0 Å². The van der Waals surface area contributed by atoms with Gasteiger partial charge in [0.05, 0.1) is 38.8 Å². The van der Waals surface area contributed by atoms with Crippen LogP contribution in [0.4, 0.5) is 0 Å². The van der Waals surface area contributed by atoms with Gasteiger partial charge < -0.3 is 4.57 Å². The van der Waals surface area contributed by atoms with Crippen molar-refractivity contribution in [1.82, 2.24) is 19.1 Å². The second-order valence-electron chi connectivity index (χ2n) is 11.8. The first kappa shape index (κ1) is 25.1. The fraction of sp³-hybridized carbons (Fsp3) is 0. The number of benzene rings is 7. The molecule has 0 aliphatic rings. The van der Waals surface area contributed by atoms with E-state index in [2.05, 4.69) is 137 Å².